The number of rotatable bonds is 5. The van der Waals surface area contributed by atoms with Crippen LogP contribution >= 0.6 is 0 Å². The predicted molar refractivity (Wildman–Crippen MR) is 87.0 cm³/mol. The van der Waals surface area contributed by atoms with Crippen LogP contribution in [0.1, 0.15) is 5.56 Å². The predicted octanol–water partition coefficient (Wildman–Crippen LogP) is 1.30. The third-order valence-electron chi connectivity index (χ3n) is 3.35. The monoisotopic (exact) mass is 332 g/mol. The van der Waals surface area contributed by atoms with Crippen molar-refractivity contribution in [2.24, 2.45) is 5.10 Å². The van der Waals surface area contributed by atoms with Crippen molar-refractivity contribution in [3.63, 3.8) is 0 Å². The molecule has 24 heavy (non-hydrogen) atoms. The number of aromatic nitrogens is 3. The Morgan fingerprint density at radius 3 is 2.79 bits per heavy atom. The molecule has 3 rings (SSSR count). The summed E-state index contributed by atoms with van der Waals surface area (Å²) in [6.07, 6.45) is 1.36. The van der Waals surface area contributed by atoms with Gasteiger partial charge in [-0.05, 0) is 6.07 Å². The minimum atomic E-state index is -0.356. The van der Waals surface area contributed by atoms with E-state index < -0.39 is 0 Å². The Balaban J connectivity index is 1.76. The lowest BCUT2D eigenvalue weighted by molar-refractivity contribution is 0.122. The first-order valence-electron chi connectivity index (χ1n) is 7.42. The molecule has 1 fully saturated rings. The maximum Gasteiger partial charge on any atom is 0.322 e. The number of methoxy groups -OCH3 is 1. The summed E-state index contributed by atoms with van der Waals surface area (Å²) in [5, 5.41) is 3.97. The second-order valence-electron chi connectivity index (χ2n) is 4.94. The van der Waals surface area contributed by atoms with Gasteiger partial charge in [0.2, 0.25) is 5.95 Å². The zero-order valence-electron chi connectivity index (χ0n) is 13.1. The fourth-order valence-electron chi connectivity index (χ4n) is 2.13. The summed E-state index contributed by atoms with van der Waals surface area (Å²) < 4.78 is 24.0. The van der Waals surface area contributed by atoms with Crippen molar-refractivity contribution in [1.82, 2.24) is 15.0 Å². The fraction of sp³-hybridized carbons (Fsp3) is 0.333. The molecule has 126 valence electrons. The number of anilines is 2. The number of hydrazone groups is 1. The van der Waals surface area contributed by atoms with Gasteiger partial charge in [-0.1, -0.05) is 18.2 Å². The molecular weight excluding hydrogens is 315 g/mol. The summed E-state index contributed by atoms with van der Waals surface area (Å²) in [4.78, 5) is 14.6. The molecule has 0 unspecified atom stereocenters. The number of morpholine rings is 1. The average molecular weight is 332 g/mol. The Labute approximate surface area is 138 Å². The number of benzene rings is 1. The van der Waals surface area contributed by atoms with E-state index in [1.54, 1.807) is 18.2 Å². The molecule has 0 amide bonds. The molecule has 0 radical (unpaired) electrons. The van der Waals surface area contributed by atoms with Crippen molar-refractivity contribution < 1.29 is 13.9 Å². The standard InChI is InChI=1S/C15H17FN6O2/c1-23-15-19-13(18-14(20-15)22-6-8-24-9-7-22)21-17-10-11-4-2-3-5-12(11)16/h2-5,10H,6-9H2,1H3,(H,18,19,20,21)/b17-10-. The number of hydrogen-bond acceptors (Lipinski definition) is 8. The summed E-state index contributed by atoms with van der Waals surface area (Å²) in [6, 6.07) is 6.51. The van der Waals surface area contributed by atoms with E-state index in [2.05, 4.69) is 25.5 Å². The van der Waals surface area contributed by atoms with Crippen LogP contribution in [0, 0.1) is 5.82 Å². The van der Waals surface area contributed by atoms with Gasteiger partial charge in [-0.2, -0.15) is 20.1 Å². The lowest BCUT2D eigenvalue weighted by Gasteiger charge is -2.26. The number of ether oxygens (including phenoxy) is 2. The van der Waals surface area contributed by atoms with Crippen LogP contribution in [0.5, 0.6) is 6.01 Å². The molecule has 2 heterocycles. The molecule has 0 atom stereocenters. The zero-order valence-corrected chi connectivity index (χ0v) is 13.1. The summed E-state index contributed by atoms with van der Waals surface area (Å²) in [5.41, 5.74) is 3.04. The average Bonchev–Trinajstić information content (AvgIpc) is 2.64. The van der Waals surface area contributed by atoms with Crippen molar-refractivity contribution in [1.29, 1.82) is 0 Å². The Morgan fingerprint density at radius 1 is 1.25 bits per heavy atom. The minimum Gasteiger partial charge on any atom is -0.467 e. The maximum atomic E-state index is 13.5. The Morgan fingerprint density at radius 2 is 2.04 bits per heavy atom. The van der Waals surface area contributed by atoms with Crippen LogP contribution in [0.15, 0.2) is 29.4 Å². The molecule has 1 saturated heterocycles. The largest absolute Gasteiger partial charge is 0.467 e. The van der Waals surface area contributed by atoms with Crippen LogP contribution in [0.25, 0.3) is 0 Å². The lowest BCUT2D eigenvalue weighted by Crippen LogP contribution is -2.37. The molecule has 1 aliphatic rings. The van der Waals surface area contributed by atoms with Gasteiger partial charge in [0.15, 0.2) is 0 Å². The first kappa shape index (κ1) is 16.1. The van der Waals surface area contributed by atoms with Crippen molar-refractivity contribution in [2.75, 3.05) is 43.7 Å². The van der Waals surface area contributed by atoms with Crippen LogP contribution < -0.4 is 15.1 Å². The van der Waals surface area contributed by atoms with E-state index >= 15 is 0 Å². The second kappa shape index (κ2) is 7.64. The highest BCUT2D eigenvalue weighted by Gasteiger charge is 2.16. The molecule has 8 nitrogen and oxygen atoms in total. The lowest BCUT2D eigenvalue weighted by atomic mass is 10.2. The summed E-state index contributed by atoms with van der Waals surface area (Å²) in [5.74, 6) is 0.343. The first-order valence-corrected chi connectivity index (χ1v) is 7.42. The Hall–Kier alpha value is -2.81. The summed E-state index contributed by atoms with van der Waals surface area (Å²) in [6.45, 7) is 2.60. The van der Waals surface area contributed by atoms with Crippen molar-refractivity contribution in [3.8, 4) is 6.01 Å². The molecule has 1 N–H and O–H groups in total. The van der Waals surface area contributed by atoms with Crippen LogP contribution in [0.3, 0.4) is 0 Å². The van der Waals surface area contributed by atoms with Gasteiger partial charge in [0.1, 0.15) is 5.82 Å². The molecule has 0 spiro atoms. The van der Waals surface area contributed by atoms with Crippen molar-refractivity contribution in [2.45, 2.75) is 0 Å². The molecular formula is C15H17FN6O2. The van der Waals surface area contributed by atoms with Crippen molar-refractivity contribution in [3.05, 3.63) is 35.6 Å². The first-order chi connectivity index (χ1) is 11.8. The number of nitrogens with zero attached hydrogens (tertiary/aromatic N) is 5. The van der Waals surface area contributed by atoms with Gasteiger partial charge in [-0.25, -0.2) is 9.82 Å². The Bertz CT molecular complexity index is 721. The number of halogens is 1. The zero-order chi connectivity index (χ0) is 16.8. The van der Waals surface area contributed by atoms with Gasteiger partial charge in [0, 0.05) is 18.7 Å². The van der Waals surface area contributed by atoms with E-state index in [4.69, 9.17) is 9.47 Å². The highest BCUT2D eigenvalue weighted by Crippen LogP contribution is 2.16. The van der Waals surface area contributed by atoms with Gasteiger partial charge < -0.3 is 14.4 Å². The van der Waals surface area contributed by atoms with Gasteiger partial charge in [0.25, 0.3) is 5.95 Å². The van der Waals surface area contributed by atoms with E-state index in [-0.39, 0.29) is 17.8 Å². The van der Waals surface area contributed by atoms with Gasteiger partial charge >= 0.3 is 6.01 Å². The van der Waals surface area contributed by atoms with E-state index in [0.29, 0.717) is 37.8 Å². The van der Waals surface area contributed by atoms with E-state index in [1.165, 1.54) is 19.4 Å². The van der Waals surface area contributed by atoms with Crippen LogP contribution in [0.4, 0.5) is 16.3 Å². The Kier molecular flexibility index (Phi) is 5.12. The quantitative estimate of drug-likeness (QED) is 0.652. The normalized spacial score (nSPS) is 14.8. The molecule has 9 heteroatoms. The highest BCUT2D eigenvalue weighted by molar-refractivity contribution is 5.80. The minimum absolute atomic E-state index is 0.176. The van der Waals surface area contributed by atoms with E-state index in [1.807, 2.05) is 4.90 Å². The fourth-order valence-corrected chi connectivity index (χ4v) is 2.13. The molecule has 0 bridgehead atoms. The third kappa shape index (κ3) is 3.93. The smallest absolute Gasteiger partial charge is 0.322 e. The number of nitrogens with one attached hydrogen (secondary N) is 1. The molecule has 1 aromatic heterocycles. The molecule has 0 aliphatic carbocycles. The van der Waals surface area contributed by atoms with E-state index in [9.17, 15) is 4.39 Å². The van der Waals surface area contributed by atoms with Crippen LogP contribution in [-0.4, -0.2) is 54.6 Å². The van der Waals surface area contributed by atoms with E-state index in [0.717, 1.165) is 0 Å². The summed E-state index contributed by atoms with van der Waals surface area (Å²) >= 11 is 0. The molecule has 2 aromatic rings. The third-order valence-corrected chi connectivity index (χ3v) is 3.35. The van der Waals surface area contributed by atoms with Gasteiger partial charge in [0.05, 0.1) is 26.5 Å². The molecule has 0 saturated carbocycles. The SMILES string of the molecule is COc1nc(N/N=C\c2ccccc2F)nc(N2CCOCC2)n1. The summed E-state index contributed by atoms with van der Waals surface area (Å²) in [7, 11) is 1.48. The van der Waals surface area contributed by atoms with Crippen LogP contribution in [0.2, 0.25) is 0 Å². The highest BCUT2D eigenvalue weighted by atomic mass is 19.1. The van der Waals surface area contributed by atoms with Crippen molar-refractivity contribution >= 4 is 18.1 Å². The maximum absolute atomic E-state index is 13.5. The van der Waals surface area contributed by atoms with Crippen LogP contribution in [-0.2, 0) is 4.74 Å². The number of hydrogen-bond donors (Lipinski definition) is 1. The van der Waals surface area contributed by atoms with Gasteiger partial charge in [-0.15, -0.1) is 0 Å². The van der Waals surface area contributed by atoms with Gasteiger partial charge in [-0.3, -0.25) is 0 Å². The topological polar surface area (TPSA) is 84.8 Å². The molecule has 1 aromatic carbocycles. The second-order valence-corrected chi connectivity index (χ2v) is 4.94. The molecule has 1 aliphatic heterocycles.